The molecular weight excluding hydrogens is 674 g/mol. The fraction of sp³-hybridized carbons (Fsp3) is 0.548. The van der Waals surface area contributed by atoms with Crippen molar-refractivity contribution in [1.29, 1.82) is 0 Å². The lowest BCUT2D eigenvalue weighted by Crippen LogP contribution is -2.56. The third kappa shape index (κ3) is 14.3. The van der Waals surface area contributed by atoms with Gasteiger partial charge >= 0.3 is 11.9 Å². The van der Waals surface area contributed by atoms with E-state index in [-0.39, 0.29) is 37.7 Å². The molecule has 0 spiro atoms. The van der Waals surface area contributed by atoms with Crippen LogP contribution in [0.2, 0.25) is 0 Å². The zero-order valence-electron chi connectivity index (χ0n) is 27.8. The normalized spacial score (nSPS) is 16.2. The minimum absolute atomic E-state index is 0.0475. The highest BCUT2D eigenvalue weighted by atomic mass is 32.2. The van der Waals surface area contributed by atoms with Crippen LogP contribution in [-0.2, 0) is 40.0 Å². The highest BCUT2D eigenvalue weighted by Crippen LogP contribution is 2.20. The quantitative estimate of drug-likeness (QED) is 0.0360. The highest BCUT2D eigenvalue weighted by molar-refractivity contribution is 7.98. The molecule has 1 heterocycles. The molecule has 0 aliphatic carbocycles. The van der Waals surface area contributed by atoms with Crippen molar-refractivity contribution in [2.45, 2.75) is 75.2 Å². The number of aliphatic carboxylic acids is 2. The van der Waals surface area contributed by atoms with Gasteiger partial charge in [-0.1, -0.05) is 30.3 Å². The lowest BCUT2D eigenvalue weighted by molar-refractivity contribution is -0.143. The maximum atomic E-state index is 13.3. The van der Waals surface area contributed by atoms with E-state index in [0.29, 0.717) is 37.1 Å². The smallest absolute Gasteiger partial charge is 0.326 e. The van der Waals surface area contributed by atoms with E-state index in [0.717, 1.165) is 0 Å². The number of rotatable bonds is 21. The summed E-state index contributed by atoms with van der Waals surface area (Å²) in [7, 11) is 0. The number of nitrogens with zero attached hydrogens (tertiary/aromatic N) is 2. The minimum Gasteiger partial charge on any atom is -0.481 e. The van der Waals surface area contributed by atoms with Crippen molar-refractivity contribution in [3.05, 3.63) is 35.9 Å². The van der Waals surface area contributed by atoms with Crippen molar-refractivity contribution in [3.63, 3.8) is 0 Å². The zero-order chi connectivity index (χ0) is 37.2. The number of carbonyl (C=O) groups excluding carboxylic acids is 5. The van der Waals surface area contributed by atoms with Gasteiger partial charge in [-0.15, -0.1) is 0 Å². The molecule has 0 radical (unpaired) electrons. The van der Waals surface area contributed by atoms with Crippen LogP contribution in [0.5, 0.6) is 0 Å². The molecule has 1 saturated heterocycles. The summed E-state index contributed by atoms with van der Waals surface area (Å²) in [4.78, 5) is 93.8. The Balaban J connectivity index is 2.08. The van der Waals surface area contributed by atoms with Crippen molar-refractivity contribution >= 4 is 59.2 Å². The largest absolute Gasteiger partial charge is 0.481 e. The molecule has 1 aromatic carbocycles. The first-order chi connectivity index (χ1) is 23.7. The number of carbonyl (C=O) groups is 7. The topological polar surface area (TPSA) is 302 Å². The third-order valence-electron chi connectivity index (χ3n) is 7.72. The van der Waals surface area contributed by atoms with Gasteiger partial charge in [-0.25, -0.2) is 4.79 Å². The Morgan fingerprint density at radius 3 is 2.28 bits per heavy atom. The van der Waals surface area contributed by atoms with Gasteiger partial charge in [0.25, 0.3) is 0 Å². The number of nitrogens with one attached hydrogen (secondary N) is 4. The van der Waals surface area contributed by atoms with Gasteiger partial charge in [-0.2, -0.15) is 11.8 Å². The number of thioether (sulfide) groups is 1. The summed E-state index contributed by atoms with van der Waals surface area (Å²) in [6.07, 6.45) is 2.58. The molecule has 0 saturated carbocycles. The van der Waals surface area contributed by atoms with Crippen molar-refractivity contribution in [2.24, 2.45) is 22.2 Å². The second kappa shape index (κ2) is 21.2. The molecule has 2 rings (SSSR count). The van der Waals surface area contributed by atoms with Gasteiger partial charge in [-0.3, -0.25) is 33.8 Å². The Labute approximate surface area is 293 Å². The van der Waals surface area contributed by atoms with Crippen LogP contribution in [0.15, 0.2) is 35.3 Å². The number of hydrogen-bond acceptors (Lipinski definition) is 10. The van der Waals surface area contributed by atoms with Crippen LogP contribution in [0.4, 0.5) is 0 Å². The molecular formula is C31H47N9O9S. The SMILES string of the molecule is CSCCC(N)C(=O)N1CCCC1C(=O)NC(CCCN=C(N)N)C(=O)NCC(=O)NC(CC(=O)O)C(=O)NC(Cc1ccccc1)C(=O)O. The van der Waals surface area contributed by atoms with E-state index in [1.807, 2.05) is 6.26 Å². The summed E-state index contributed by atoms with van der Waals surface area (Å²) in [5, 5.41) is 28.4. The van der Waals surface area contributed by atoms with Gasteiger partial charge in [0.2, 0.25) is 29.5 Å². The van der Waals surface area contributed by atoms with Gasteiger partial charge in [0.1, 0.15) is 24.2 Å². The Morgan fingerprint density at radius 1 is 0.960 bits per heavy atom. The van der Waals surface area contributed by atoms with Crippen LogP contribution in [-0.4, -0.2) is 124 Å². The van der Waals surface area contributed by atoms with Gasteiger partial charge in [0, 0.05) is 19.5 Å². The molecule has 0 bridgehead atoms. The molecule has 19 heteroatoms. The summed E-state index contributed by atoms with van der Waals surface area (Å²) >= 11 is 1.54. The number of carboxylic acids is 2. The molecule has 12 N–H and O–H groups in total. The second-order valence-corrected chi connectivity index (χ2v) is 12.6. The van der Waals surface area contributed by atoms with Crippen molar-refractivity contribution < 1.29 is 43.8 Å². The Kier molecular flexibility index (Phi) is 17.5. The van der Waals surface area contributed by atoms with Gasteiger partial charge in [-0.05, 0) is 49.7 Å². The molecule has 18 nitrogen and oxygen atoms in total. The fourth-order valence-electron chi connectivity index (χ4n) is 5.17. The van der Waals surface area contributed by atoms with Crippen LogP contribution in [0.25, 0.3) is 0 Å². The molecule has 5 amide bonds. The molecule has 1 aliphatic heterocycles. The van der Waals surface area contributed by atoms with Crippen LogP contribution in [0.1, 0.15) is 44.1 Å². The standard InChI is InChI=1S/C31H47N9O9S/c1-50-14-11-19(32)29(47)40-13-6-10-23(40)28(46)38-20(9-5-12-35-31(33)34)26(44)36-17-24(41)37-21(16-25(42)43)27(45)39-22(30(48)49)15-18-7-3-2-4-8-18/h2-4,7-8,19-23H,5-6,9-17,32H2,1H3,(H,36,44)(H,37,41)(H,38,46)(H,39,45)(H,42,43)(H,48,49)(H4,33,34,35). The van der Waals surface area contributed by atoms with E-state index in [4.69, 9.17) is 17.2 Å². The van der Waals surface area contributed by atoms with Gasteiger partial charge in [0.05, 0.1) is 19.0 Å². The first kappa shape index (κ1) is 41.3. The highest BCUT2D eigenvalue weighted by Gasteiger charge is 2.37. The number of aliphatic imine (C=N–C) groups is 1. The minimum atomic E-state index is -1.67. The fourth-order valence-corrected chi connectivity index (χ4v) is 5.66. The molecule has 5 atom stereocenters. The molecule has 5 unspecified atom stereocenters. The average Bonchev–Trinajstić information content (AvgIpc) is 3.56. The first-order valence-corrected chi connectivity index (χ1v) is 17.4. The number of benzene rings is 1. The molecule has 1 aliphatic rings. The van der Waals surface area contributed by atoms with Crippen molar-refractivity contribution in [1.82, 2.24) is 26.2 Å². The summed E-state index contributed by atoms with van der Waals surface area (Å²) < 4.78 is 0. The van der Waals surface area contributed by atoms with E-state index in [2.05, 4.69) is 26.3 Å². The number of guanidine groups is 1. The summed E-state index contributed by atoms with van der Waals surface area (Å²) in [5.41, 5.74) is 17.4. The number of amides is 5. The zero-order valence-corrected chi connectivity index (χ0v) is 28.7. The maximum Gasteiger partial charge on any atom is 0.326 e. The van der Waals surface area contributed by atoms with Crippen LogP contribution < -0.4 is 38.5 Å². The average molecular weight is 722 g/mol. The number of hydrogen-bond donors (Lipinski definition) is 9. The molecule has 50 heavy (non-hydrogen) atoms. The molecule has 0 aromatic heterocycles. The number of nitrogens with two attached hydrogens (primary N) is 3. The molecule has 276 valence electrons. The summed E-state index contributed by atoms with van der Waals surface area (Å²) in [6, 6.07) is 2.52. The summed E-state index contributed by atoms with van der Waals surface area (Å²) in [5.74, 6) is -6.04. The molecule has 1 fully saturated rings. The van der Waals surface area contributed by atoms with Gasteiger partial charge < -0.3 is 53.6 Å². The Morgan fingerprint density at radius 2 is 1.66 bits per heavy atom. The van der Waals surface area contributed by atoms with Crippen LogP contribution >= 0.6 is 11.8 Å². The maximum absolute atomic E-state index is 13.3. The lowest BCUT2D eigenvalue weighted by atomic mass is 10.1. The van der Waals surface area contributed by atoms with Crippen LogP contribution in [0.3, 0.4) is 0 Å². The van der Waals surface area contributed by atoms with Crippen LogP contribution in [0, 0.1) is 0 Å². The van der Waals surface area contributed by atoms with E-state index in [1.54, 1.807) is 42.1 Å². The third-order valence-corrected chi connectivity index (χ3v) is 8.36. The van der Waals surface area contributed by atoms with Crippen molar-refractivity contribution in [2.75, 3.05) is 31.6 Å². The number of likely N-dealkylation sites (tertiary alicyclic amines) is 1. The predicted molar refractivity (Wildman–Crippen MR) is 184 cm³/mol. The monoisotopic (exact) mass is 721 g/mol. The summed E-state index contributed by atoms with van der Waals surface area (Å²) in [6.45, 7) is -0.252. The van der Waals surface area contributed by atoms with E-state index in [1.165, 1.54) is 4.90 Å². The Bertz CT molecular complexity index is 1380. The number of carboxylic acid groups (broad SMARTS) is 2. The van der Waals surface area contributed by atoms with Crippen molar-refractivity contribution in [3.8, 4) is 0 Å². The van der Waals surface area contributed by atoms with E-state index in [9.17, 15) is 43.8 Å². The lowest BCUT2D eigenvalue weighted by Gasteiger charge is -2.28. The van der Waals surface area contributed by atoms with E-state index < -0.39 is 78.7 Å². The predicted octanol–water partition coefficient (Wildman–Crippen LogP) is -2.52. The van der Waals surface area contributed by atoms with E-state index >= 15 is 0 Å². The molecule has 1 aromatic rings. The Hall–Kier alpha value is -4.91. The second-order valence-electron chi connectivity index (χ2n) is 11.6. The van der Waals surface area contributed by atoms with Gasteiger partial charge in [0.15, 0.2) is 5.96 Å². The first-order valence-electron chi connectivity index (χ1n) is 16.0.